The molecule has 0 aromatic heterocycles. The molecule has 10 heavy (non-hydrogen) atoms. The lowest BCUT2D eigenvalue weighted by Crippen LogP contribution is -2.13. The molecule has 0 amide bonds. The second kappa shape index (κ2) is 4.97. The van der Waals surface area contributed by atoms with Gasteiger partial charge in [-0.1, -0.05) is 25.4 Å². The average Bonchev–Trinajstić information content (AvgIpc) is 1.58. The van der Waals surface area contributed by atoms with Crippen LogP contribution >= 0.6 is 11.6 Å². The van der Waals surface area contributed by atoms with E-state index in [0.717, 1.165) is 6.42 Å². The van der Waals surface area contributed by atoms with Crippen molar-refractivity contribution in [2.24, 2.45) is 5.92 Å². The Bertz CT molecular complexity index is 71.3. The quantitative estimate of drug-likeness (QED) is 0.581. The molecule has 1 atom stereocenters. The maximum atomic E-state index is 5.85. The minimum atomic E-state index is -0.111. The fourth-order valence-corrected chi connectivity index (χ4v) is 1.28. The van der Waals surface area contributed by atoms with Gasteiger partial charge < -0.3 is 4.74 Å². The molecule has 0 bridgehead atoms. The topological polar surface area (TPSA) is 9.23 Å². The molecular formula is C8H17ClO. The fourth-order valence-electron chi connectivity index (χ4n) is 0.721. The summed E-state index contributed by atoms with van der Waals surface area (Å²) in [7, 11) is 0. The molecule has 0 saturated heterocycles. The molecule has 62 valence electrons. The van der Waals surface area contributed by atoms with Crippen LogP contribution in [0, 0.1) is 5.92 Å². The molecule has 0 aromatic rings. The van der Waals surface area contributed by atoms with E-state index >= 15 is 0 Å². The summed E-state index contributed by atoms with van der Waals surface area (Å²) in [4.78, 5) is 0. The predicted molar refractivity (Wildman–Crippen MR) is 45.3 cm³/mol. The summed E-state index contributed by atoms with van der Waals surface area (Å²) >= 11 is 5.85. The highest BCUT2D eigenvalue weighted by Gasteiger charge is 2.08. The average molecular weight is 165 g/mol. The first-order valence-corrected chi connectivity index (χ1v) is 4.25. The van der Waals surface area contributed by atoms with Crippen molar-refractivity contribution in [3.05, 3.63) is 0 Å². The van der Waals surface area contributed by atoms with E-state index in [4.69, 9.17) is 16.3 Å². The van der Waals surface area contributed by atoms with Crippen molar-refractivity contribution in [3.63, 3.8) is 0 Å². The van der Waals surface area contributed by atoms with Crippen LogP contribution in [0.5, 0.6) is 0 Å². The van der Waals surface area contributed by atoms with Crippen LogP contribution in [-0.2, 0) is 4.74 Å². The molecule has 0 N–H and O–H groups in total. The van der Waals surface area contributed by atoms with Gasteiger partial charge in [0.15, 0.2) is 0 Å². The Kier molecular flexibility index (Phi) is 5.10. The highest BCUT2D eigenvalue weighted by Crippen LogP contribution is 2.13. The number of ether oxygens (including phenoxy) is 1. The molecule has 0 fully saturated rings. The van der Waals surface area contributed by atoms with E-state index < -0.39 is 0 Å². The molecular weight excluding hydrogens is 148 g/mol. The maximum Gasteiger partial charge on any atom is 0.131 e. The van der Waals surface area contributed by atoms with Gasteiger partial charge in [0.05, 0.1) is 6.10 Å². The van der Waals surface area contributed by atoms with Gasteiger partial charge in [-0.3, -0.25) is 0 Å². The smallest absolute Gasteiger partial charge is 0.131 e. The Hall–Kier alpha value is 0.250. The summed E-state index contributed by atoms with van der Waals surface area (Å²) in [5.74, 6) is 0.612. The summed E-state index contributed by atoms with van der Waals surface area (Å²) < 4.78 is 5.33. The third-order valence-corrected chi connectivity index (χ3v) is 1.36. The van der Waals surface area contributed by atoms with Crippen LogP contribution < -0.4 is 0 Å². The van der Waals surface area contributed by atoms with Gasteiger partial charge >= 0.3 is 0 Å². The van der Waals surface area contributed by atoms with Crippen LogP contribution in [0.2, 0.25) is 0 Å². The van der Waals surface area contributed by atoms with Crippen LogP contribution in [0.1, 0.15) is 34.1 Å². The lowest BCUT2D eigenvalue weighted by molar-refractivity contribution is 0.0444. The zero-order valence-corrected chi connectivity index (χ0v) is 7.98. The maximum absolute atomic E-state index is 5.85. The van der Waals surface area contributed by atoms with E-state index in [1.165, 1.54) is 0 Å². The van der Waals surface area contributed by atoms with Crippen LogP contribution in [0.25, 0.3) is 0 Å². The number of hydrogen-bond acceptors (Lipinski definition) is 1. The predicted octanol–water partition coefficient (Wildman–Crippen LogP) is 3.02. The van der Waals surface area contributed by atoms with Crippen molar-refractivity contribution < 1.29 is 4.74 Å². The molecule has 0 spiro atoms. The zero-order valence-electron chi connectivity index (χ0n) is 7.23. The molecule has 0 heterocycles. The summed E-state index contributed by atoms with van der Waals surface area (Å²) in [5, 5.41) is 0. The SMILES string of the molecule is CC(C)CC(Cl)OC(C)C. The molecule has 1 nitrogen and oxygen atoms in total. The highest BCUT2D eigenvalue weighted by atomic mass is 35.5. The van der Waals surface area contributed by atoms with Crippen LogP contribution in [0.15, 0.2) is 0 Å². The van der Waals surface area contributed by atoms with Crippen molar-refractivity contribution in [3.8, 4) is 0 Å². The summed E-state index contributed by atoms with van der Waals surface area (Å²) in [6.07, 6.45) is 1.17. The Labute approximate surface area is 68.7 Å². The second-order valence-corrected chi connectivity index (χ2v) is 3.71. The van der Waals surface area contributed by atoms with Gasteiger partial charge in [-0.2, -0.15) is 0 Å². The molecule has 0 aliphatic rings. The fraction of sp³-hybridized carbons (Fsp3) is 1.00. The monoisotopic (exact) mass is 164 g/mol. The Balaban J connectivity index is 3.34. The lowest BCUT2D eigenvalue weighted by atomic mass is 10.1. The van der Waals surface area contributed by atoms with Gasteiger partial charge in [0.1, 0.15) is 5.56 Å². The van der Waals surface area contributed by atoms with Gasteiger partial charge in [0.2, 0.25) is 0 Å². The normalized spacial score (nSPS) is 14.7. The van der Waals surface area contributed by atoms with E-state index in [-0.39, 0.29) is 11.7 Å². The summed E-state index contributed by atoms with van der Waals surface area (Å²) in [6.45, 7) is 8.27. The van der Waals surface area contributed by atoms with E-state index in [9.17, 15) is 0 Å². The van der Waals surface area contributed by atoms with Crippen molar-refractivity contribution in [1.29, 1.82) is 0 Å². The molecule has 0 rings (SSSR count). The minimum absolute atomic E-state index is 0.111. The first-order valence-electron chi connectivity index (χ1n) is 3.82. The first-order chi connectivity index (χ1) is 4.52. The number of alkyl halides is 1. The third-order valence-electron chi connectivity index (χ3n) is 1.08. The van der Waals surface area contributed by atoms with Crippen molar-refractivity contribution >= 4 is 11.6 Å². The van der Waals surface area contributed by atoms with Crippen molar-refractivity contribution in [1.82, 2.24) is 0 Å². The van der Waals surface area contributed by atoms with Gasteiger partial charge in [0.25, 0.3) is 0 Å². The number of halogens is 1. The third kappa shape index (κ3) is 6.37. The van der Waals surface area contributed by atoms with Crippen molar-refractivity contribution in [2.45, 2.75) is 45.8 Å². The Morgan fingerprint density at radius 1 is 1.20 bits per heavy atom. The molecule has 0 radical (unpaired) electrons. The van der Waals surface area contributed by atoms with E-state index in [2.05, 4.69) is 13.8 Å². The highest BCUT2D eigenvalue weighted by molar-refractivity contribution is 6.19. The largest absolute Gasteiger partial charge is 0.360 e. The Morgan fingerprint density at radius 3 is 2.00 bits per heavy atom. The van der Waals surface area contributed by atoms with Crippen molar-refractivity contribution in [2.75, 3.05) is 0 Å². The first kappa shape index (κ1) is 10.2. The molecule has 0 aliphatic heterocycles. The van der Waals surface area contributed by atoms with E-state index in [1.807, 2.05) is 13.8 Å². The van der Waals surface area contributed by atoms with Gasteiger partial charge in [-0.15, -0.1) is 0 Å². The molecule has 0 aromatic carbocycles. The molecule has 2 heteroatoms. The molecule has 1 unspecified atom stereocenters. The number of rotatable bonds is 4. The Morgan fingerprint density at radius 2 is 1.70 bits per heavy atom. The van der Waals surface area contributed by atoms with Gasteiger partial charge in [-0.05, 0) is 26.2 Å². The van der Waals surface area contributed by atoms with E-state index in [1.54, 1.807) is 0 Å². The van der Waals surface area contributed by atoms with E-state index in [0.29, 0.717) is 5.92 Å². The molecule has 0 aliphatic carbocycles. The van der Waals surface area contributed by atoms with Gasteiger partial charge in [-0.25, -0.2) is 0 Å². The lowest BCUT2D eigenvalue weighted by Gasteiger charge is -2.15. The number of hydrogen-bond donors (Lipinski definition) is 0. The molecule has 0 saturated carbocycles. The van der Waals surface area contributed by atoms with Gasteiger partial charge in [0, 0.05) is 0 Å². The zero-order chi connectivity index (χ0) is 8.15. The summed E-state index contributed by atoms with van der Waals surface area (Å²) in [6, 6.07) is 0. The standard InChI is InChI=1S/C8H17ClO/c1-6(2)5-8(9)10-7(3)4/h6-8H,5H2,1-4H3. The second-order valence-electron chi connectivity index (χ2n) is 3.22. The minimum Gasteiger partial charge on any atom is -0.360 e. The van der Waals surface area contributed by atoms with Crippen LogP contribution in [0.4, 0.5) is 0 Å². The van der Waals surface area contributed by atoms with Crippen LogP contribution in [0.3, 0.4) is 0 Å². The van der Waals surface area contributed by atoms with Crippen LogP contribution in [-0.4, -0.2) is 11.7 Å². The summed E-state index contributed by atoms with van der Waals surface area (Å²) in [5.41, 5.74) is -0.111.